The number of fused-ring (bicyclic) bond motifs is 1. The monoisotopic (exact) mass is 269 g/mol. The second-order valence-electron chi connectivity index (χ2n) is 5.28. The fraction of sp³-hybridized carbons (Fsp3) is 0.333. The van der Waals surface area contributed by atoms with Crippen LogP contribution in [0.4, 0.5) is 0 Å². The SMILES string of the molecule is Cc1c(CNC(C)C)cnn1-c1nc2ccccc2[nH]1. The van der Waals surface area contributed by atoms with Crippen LogP contribution in [0.3, 0.4) is 0 Å². The molecule has 0 spiro atoms. The van der Waals surface area contributed by atoms with Gasteiger partial charge < -0.3 is 10.3 Å². The van der Waals surface area contributed by atoms with E-state index in [0.29, 0.717) is 6.04 Å². The molecule has 2 aromatic heterocycles. The van der Waals surface area contributed by atoms with E-state index in [4.69, 9.17) is 0 Å². The minimum Gasteiger partial charge on any atom is -0.322 e. The summed E-state index contributed by atoms with van der Waals surface area (Å²) < 4.78 is 1.86. The maximum atomic E-state index is 4.58. The highest BCUT2D eigenvalue weighted by molar-refractivity contribution is 5.75. The summed E-state index contributed by atoms with van der Waals surface area (Å²) in [6.07, 6.45) is 1.90. The predicted octanol–water partition coefficient (Wildman–Crippen LogP) is 2.56. The lowest BCUT2D eigenvalue weighted by Crippen LogP contribution is -2.22. The molecule has 0 fully saturated rings. The van der Waals surface area contributed by atoms with Crippen LogP contribution in [0, 0.1) is 6.92 Å². The van der Waals surface area contributed by atoms with Crippen LogP contribution in [0.5, 0.6) is 0 Å². The first kappa shape index (κ1) is 12.9. The summed E-state index contributed by atoms with van der Waals surface area (Å²) in [6, 6.07) is 8.46. The number of para-hydroxylation sites is 2. The van der Waals surface area contributed by atoms with Gasteiger partial charge in [-0.05, 0) is 19.1 Å². The first-order valence-electron chi connectivity index (χ1n) is 6.87. The summed E-state index contributed by atoms with van der Waals surface area (Å²) >= 11 is 0. The quantitative estimate of drug-likeness (QED) is 0.765. The summed E-state index contributed by atoms with van der Waals surface area (Å²) in [7, 11) is 0. The van der Waals surface area contributed by atoms with Gasteiger partial charge >= 0.3 is 0 Å². The molecule has 0 radical (unpaired) electrons. The van der Waals surface area contributed by atoms with E-state index in [0.717, 1.165) is 29.2 Å². The average molecular weight is 269 g/mol. The first-order valence-corrected chi connectivity index (χ1v) is 6.87. The minimum atomic E-state index is 0.462. The molecule has 5 heteroatoms. The van der Waals surface area contributed by atoms with Crippen molar-refractivity contribution in [1.82, 2.24) is 25.1 Å². The second-order valence-corrected chi connectivity index (χ2v) is 5.28. The van der Waals surface area contributed by atoms with Crippen LogP contribution in [-0.4, -0.2) is 25.8 Å². The highest BCUT2D eigenvalue weighted by Gasteiger charge is 2.11. The van der Waals surface area contributed by atoms with Crippen LogP contribution in [0.25, 0.3) is 17.0 Å². The van der Waals surface area contributed by atoms with Gasteiger partial charge in [0.25, 0.3) is 0 Å². The Bertz CT molecular complexity index is 690. The summed E-state index contributed by atoms with van der Waals surface area (Å²) in [5, 5.41) is 7.85. The molecule has 3 rings (SSSR count). The lowest BCUT2D eigenvalue weighted by Gasteiger charge is -2.07. The number of nitrogens with one attached hydrogen (secondary N) is 2. The molecule has 0 unspecified atom stereocenters. The zero-order chi connectivity index (χ0) is 14.1. The van der Waals surface area contributed by atoms with Crippen LogP contribution < -0.4 is 5.32 Å². The Labute approximate surface area is 118 Å². The lowest BCUT2D eigenvalue weighted by atomic mass is 10.2. The van der Waals surface area contributed by atoms with E-state index >= 15 is 0 Å². The summed E-state index contributed by atoms with van der Waals surface area (Å²) in [6.45, 7) is 7.17. The normalized spacial score (nSPS) is 11.6. The third-order valence-corrected chi connectivity index (χ3v) is 3.39. The number of nitrogens with zero attached hydrogens (tertiary/aromatic N) is 3. The van der Waals surface area contributed by atoms with Crippen molar-refractivity contribution in [3.05, 3.63) is 41.7 Å². The van der Waals surface area contributed by atoms with Gasteiger partial charge in [-0.25, -0.2) is 9.67 Å². The first-order chi connectivity index (χ1) is 9.65. The van der Waals surface area contributed by atoms with E-state index in [9.17, 15) is 0 Å². The molecule has 0 bridgehead atoms. The molecular weight excluding hydrogens is 250 g/mol. The molecule has 5 nitrogen and oxygen atoms in total. The number of aromatic amines is 1. The van der Waals surface area contributed by atoms with E-state index in [2.05, 4.69) is 41.2 Å². The van der Waals surface area contributed by atoms with Gasteiger partial charge in [0.15, 0.2) is 0 Å². The number of rotatable bonds is 4. The third kappa shape index (κ3) is 2.32. The van der Waals surface area contributed by atoms with Gasteiger partial charge in [0, 0.05) is 23.8 Å². The van der Waals surface area contributed by atoms with E-state index in [-0.39, 0.29) is 0 Å². The van der Waals surface area contributed by atoms with E-state index in [1.807, 2.05) is 35.1 Å². The Balaban J connectivity index is 1.94. The van der Waals surface area contributed by atoms with Crippen molar-refractivity contribution in [3.63, 3.8) is 0 Å². The second kappa shape index (κ2) is 5.09. The molecule has 0 aliphatic carbocycles. The number of H-pyrrole nitrogens is 1. The van der Waals surface area contributed by atoms with Crippen LogP contribution in [0.15, 0.2) is 30.5 Å². The van der Waals surface area contributed by atoms with Crippen molar-refractivity contribution in [2.75, 3.05) is 0 Å². The Morgan fingerprint density at radius 3 is 2.85 bits per heavy atom. The number of hydrogen-bond acceptors (Lipinski definition) is 3. The Kier molecular flexibility index (Phi) is 3.28. The van der Waals surface area contributed by atoms with Crippen LogP contribution in [0.2, 0.25) is 0 Å². The van der Waals surface area contributed by atoms with Crippen molar-refractivity contribution in [2.45, 2.75) is 33.4 Å². The van der Waals surface area contributed by atoms with Crippen molar-refractivity contribution in [3.8, 4) is 5.95 Å². The molecular formula is C15H19N5. The standard InChI is InChI=1S/C15H19N5/c1-10(2)16-8-12-9-17-20(11(12)3)15-18-13-6-4-5-7-14(13)19-15/h4-7,9-10,16H,8H2,1-3H3,(H,18,19). The van der Waals surface area contributed by atoms with Crippen LogP contribution >= 0.6 is 0 Å². The fourth-order valence-electron chi connectivity index (χ4n) is 2.18. The van der Waals surface area contributed by atoms with E-state index in [1.165, 1.54) is 5.56 Å². The summed E-state index contributed by atoms with van der Waals surface area (Å²) in [5.41, 5.74) is 4.29. The van der Waals surface area contributed by atoms with Gasteiger partial charge in [-0.3, -0.25) is 0 Å². The number of imidazole rings is 1. The predicted molar refractivity (Wildman–Crippen MR) is 79.9 cm³/mol. The number of benzene rings is 1. The lowest BCUT2D eigenvalue weighted by molar-refractivity contribution is 0.587. The number of aromatic nitrogens is 4. The van der Waals surface area contributed by atoms with Crippen molar-refractivity contribution in [2.24, 2.45) is 0 Å². The molecule has 0 saturated heterocycles. The maximum Gasteiger partial charge on any atom is 0.229 e. The smallest absolute Gasteiger partial charge is 0.229 e. The van der Waals surface area contributed by atoms with Gasteiger partial charge in [0.1, 0.15) is 0 Å². The van der Waals surface area contributed by atoms with Crippen LogP contribution in [-0.2, 0) is 6.54 Å². The van der Waals surface area contributed by atoms with Crippen molar-refractivity contribution < 1.29 is 0 Å². The van der Waals surface area contributed by atoms with Gasteiger partial charge in [-0.2, -0.15) is 5.10 Å². The van der Waals surface area contributed by atoms with Gasteiger partial charge in [0.2, 0.25) is 5.95 Å². The molecule has 20 heavy (non-hydrogen) atoms. The van der Waals surface area contributed by atoms with Gasteiger partial charge in [0.05, 0.1) is 17.2 Å². The van der Waals surface area contributed by atoms with Crippen molar-refractivity contribution in [1.29, 1.82) is 0 Å². The molecule has 0 aliphatic heterocycles. The Morgan fingerprint density at radius 2 is 2.10 bits per heavy atom. The Morgan fingerprint density at radius 1 is 1.30 bits per heavy atom. The summed E-state index contributed by atoms with van der Waals surface area (Å²) in [4.78, 5) is 7.88. The topological polar surface area (TPSA) is 58.5 Å². The molecule has 0 saturated carbocycles. The van der Waals surface area contributed by atoms with Crippen LogP contribution in [0.1, 0.15) is 25.1 Å². The third-order valence-electron chi connectivity index (χ3n) is 3.39. The molecule has 0 atom stereocenters. The molecule has 1 aromatic carbocycles. The molecule has 3 aromatic rings. The van der Waals surface area contributed by atoms with Gasteiger partial charge in [-0.1, -0.05) is 26.0 Å². The zero-order valence-corrected chi connectivity index (χ0v) is 12.0. The fourth-order valence-corrected chi connectivity index (χ4v) is 2.18. The highest BCUT2D eigenvalue weighted by Crippen LogP contribution is 2.16. The van der Waals surface area contributed by atoms with Crippen molar-refractivity contribution >= 4 is 11.0 Å². The van der Waals surface area contributed by atoms with E-state index < -0.39 is 0 Å². The minimum absolute atomic E-state index is 0.462. The molecule has 104 valence electrons. The molecule has 2 heterocycles. The zero-order valence-electron chi connectivity index (χ0n) is 12.0. The largest absolute Gasteiger partial charge is 0.322 e. The highest BCUT2D eigenvalue weighted by atomic mass is 15.4. The maximum absolute atomic E-state index is 4.58. The number of hydrogen-bond donors (Lipinski definition) is 2. The molecule has 2 N–H and O–H groups in total. The molecule has 0 aliphatic rings. The molecule has 0 amide bonds. The average Bonchev–Trinajstić information content (AvgIpc) is 2.99. The summed E-state index contributed by atoms with van der Waals surface area (Å²) in [5.74, 6) is 0.763. The van der Waals surface area contributed by atoms with E-state index in [1.54, 1.807) is 0 Å². The van der Waals surface area contributed by atoms with Gasteiger partial charge in [-0.15, -0.1) is 0 Å². The Hall–Kier alpha value is -2.14.